The third-order valence-corrected chi connectivity index (χ3v) is 4.45. The maximum Gasteiger partial charge on any atom is 0.191 e. The molecule has 0 aliphatic rings. The van der Waals surface area contributed by atoms with E-state index in [1.807, 2.05) is 44.2 Å². The van der Waals surface area contributed by atoms with Crippen molar-refractivity contribution in [2.75, 3.05) is 41.0 Å². The fourth-order valence-corrected chi connectivity index (χ4v) is 2.97. The van der Waals surface area contributed by atoms with Crippen molar-refractivity contribution in [1.82, 2.24) is 10.6 Å². The molecule has 0 aliphatic heterocycles. The molecule has 2 aromatic rings. The first-order chi connectivity index (χ1) is 14.6. The van der Waals surface area contributed by atoms with E-state index in [2.05, 4.69) is 21.7 Å². The molecule has 31 heavy (non-hydrogen) atoms. The van der Waals surface area contributed by atoms with Gasteiger partial charge in [-0.1, -0.05) is 12.1 Å². The second-order valence-corrected chi connectivity index (χ2v) is 6.44. The number of methoxy groups -OCH3 is 2. The van der Waals surface area contributed by atoms with Crippen molar-refractivity contribution in [3.63, 3.8) is 0 Å². The van der Waals surface area contributed by atoms with Crippen LogP contribution in [0.15, 0.2) is 41.4 Å². The van der Waals surface area contributed by atoms with Gasteiger partial charge in [0.05, 0.1) is 27.4 Å². The number of aliphatic imine (C=N–C) groups is 1. The lowest BCUT2D eigenvalue weighted by atomic mass is 10.1. The molecule has 0 amide bonds. The summed E-state index contributed by atoms with van der Waals surface area (Å²) in [5, 5.41) is 6.66. The predicted molar refractivity (Wildman–Crippen MR) is 136 cm³/mol. The predicted octanol–water partition coefficient (Wildman–Crippen LogP) is 4.03. The fourth-order valence-electron chi connectivity index (χ4n) is 2.97. The van der Waals surface area contributed by atoms with Crippen molar-refractivity contribution >= 4 is 29.9 Å². The van der Waals surface area contributed by atoms with Gasteiger partial charge >= 0.3 is 0 Å². The highest BCUT2D eigenvalue weighted by molar-refractivity contribution is 14.0. The molecule has 2 rings (SSSR count). The van der Waals surface area contributed by atoms with Gasteiger partial charge in [-0.3, -0.25) is 4.99 Å². The second kappa shape index (κ2) is 14.6. The number of hydrogen-bond acceptors (Lipinski definition) is 5. The lowest BCUT2D eigenvalue weighted by molar-refractivity contribution is 0.287. The van der Waals surface area contributed by atoms with Crippen LogP contribution < -0.4 is 29.6 Å². The van der Waals surface area contributed by atoms with E-state index in [0.29, 0.717) is 31.3 Å². The smallest absolute Gasteiger partial charge is 0.191 e. The Morgan fingerprint density at radius 3 is 2.06 bits per heavy atom. The van der Waals surface area contributed by atoms with Gasteiger partial charge in [-0.05, 0) is 55.7 Å². The van der Waals surface area contributed by atoms with Crippen LogP contribution in [0, 0.1) is 0 Å². The minimum absolute atomic E-state index is 0. The first kappa shape index (κ1) is 26.7. The minimum Gasteiger partial charge on any atom is -0.493 e. The molecule has 0 unspecified atom stereocenters. The number of rotatable bonds is 11. The summed E-state index contributed by atoms with van der Waals surface area (Å²) < 4.78 is 22.0. The number of nitrogens with zero attached hydrogens (tertiary/aromatic N) is 1. The van der Waals surface area contributed by atoms with E-state index >= 15 is 0 Å². The second-order valence-electron chi connectivity index (χ2n) is 6.44. The average molecular weight is 543 g/mol. The average Bonchev–Trinajstić information content (AvgIpc) is 2.77. The van der Waals surface area contributed by atoms with Crippen LogP contribution in [0.2, 0.25) is 0 Å². The highest BCUT2D eigenvalue weighted by Crippen LogP contribution is 2.29. The molecular formula is C23H34IN3O4. The summed E-state index contributed by atoms with van der Waals surface area (Å²) in [6, 6.07) is 11.9. The Morgan fingerprint density at radius 2 is 1.42 bits per heavy atom. The Hall–Kier alpha value is -2.36. The molecule has 0 aliphatic carbocycles. The maximum absolute atomic E-state index is 5.70. The molecule has 8 heteroatoms. The Labute approximate surface area is 202 Å². The van der Waals surface area contributed by atoms with E-state index in [1.165, 1.54) is 5.56 Å². The molecule has 0 heterocycles. The Morgan fingerprint density at radius 1 is 0.806 bits per heavy atom. The van der Waals surface area contributed by atoms with Crippen LogP contribution >= 0.6 is 24.0 Å². The van der Waals surface area contributed by atoms with E-state index in [9.17, 15) is 0 Å². The highest BCUT2D eigenvalue weighted by Gasteiger charge is 2.07. The molecule has 2 aromatic carbocycles. The SMILES string of the molecule is CCOc1ccc(CCNC(=NC)NCc2ccc(OC)c(OC)c2)cc1OCC.I. The minimum atomic E-state index is 0. The van der Waals surface area contributed by atoms with E-state index in [4.69, 9.17) is 18.9 Å². The lowest BCUT2D eigenvalue weighted by Crippen LogP contribution is -2.37. The van der Waals surface area contributed by atoms with E-state index in [1.54, 1.807) is 21.3 Å². The molecule has 0 saturated carbocycles. The van der Waals surface area contributed by atoms with Gasteiger partial charge in [0.15, 0.2) is 29.0 Å². The molecule has 0 fully saturated rings. The van der Waals surface area contributed by atoms with Gasteiger partial charge in [-0.2, -0.15) is 0 Å². The summed E-state index contributed by atoms with van der Waals surface area (Å²) >= 11 is 0. The van der Waals surface area contributed by atoms with Crippen molar-refractivity contribution in [3.05, 3.63) is 47.5 Å². The number of ether oxygens (including phenoxy) is 4. The number of guanidine groups is 1. The first-order valence-corrected chi connectivity index (χ1v) is 10.2. The van der Waals surface area contributed by atoms with Gasteiger partial charge in [0.25, 0.3) is 0 Å². The molecule has 0 atom stereocenters. The number of hydrogen-bond donors (Lipinski definition) is 2. The van der Waals surface area contributed by atoms with Crippen molar-refractivity contribution in [1.29, 1.82) is 0 Å². The summed E-state index contributed by atoms with van der Waals surface area (Å²) in [6.07, 6.45) is 0.837. The largest absolute Gasteiger partial charge is 0.493 e. The Balaban J connectivity index is 0.00000480. The third kappa shape index (κ3) is 8.35. The van der Waals surface area contributed by atoms with Crippen LogP contribution in [0.5, 0.6) is 23.0 Å². The van der Waals surface area contributed by atoms with Gasteiger partial charge < -0.3 is 29.6 Å². The molecule has 0 aromatic heterocycles. The molecule has 172 valence electrons. The Bertz CT molecular complexity index is 830. The monoisotopic (exact) mass is 543 g/mol. The molecular weight excluding hydrogens is 509 g/mol. The Kier molecular flexibility index (Phi) is 12.6. The molecule has 0 spiro atoms. The van der Waals surface area contributed by atoms with E-state index < -0.39 is 0 Å². The number of halogens is 1. The summed E-state index contributed by atoms with van der Waals surface area (Å²) in [5.74, 6) is 3.72. The lowest BCUT2D eigenvalue weighted by Gasteiger charge is -2.15. The molecule has 2 N–H and O–H groups in total. The van der Waals surface area contributed by atoms with E-state index in [0.717, 1.165) is 36.0 Å². The fraction of sp³-hybridized carbons (Fsp3) is 0.435. The van der Waals surface area contributed by atoms with Crippen LogP contribution in [0.1, 0.15) is 25.0 Å². The third-order valence-electron chi connectivity index (χ3n) is 4.45. The van der Waals surface area contributed by atoms with Crippen molar-refractivity contribution < 1.29 is 18.9 Å². The van der Waals surface area contributed by atoms with Crippen molar-refractivity contribution in [3.8, 4) is 23.0 Å². The van der Waals surface area contributed by atoms with Crippen LogP contribution in [-0.4, -0.2) is 47.0 Å². The molecule has 0 saturated heterocycles. The standard InChI is InChI=1S/C23H33N3O4.HI/c1-6-29-20-11-8-17(14-22(20)30-7-2)12-13-25-23(24-3)26-16-18-9-10-19(27-4)21(15-18)28-5;/h8-11,14-15H,6-7,12-13,16H2,1-5H3,(H2,24,25,26);1H. The van der Waals surface area contributed by atoms with Crippen LogP contribution in [0.3, 0.4) is 0 Å². The zero-order chi connectivity index (χ0) is 21.8. The molecule has 0 radical (unpaired) electrons. The maximum atomic E-state index is 5.70. The summed E-state index contributed by atoms with van der Waals surface area (Å²) in [7, 11) is 5.02. The molecule has 0 bridgehead atoms. The normalized spacial score (nSPS) is 10.7. The van der Waals surface area contributed by atoms with Gasteiger partial charge in [0.1, 0.15) is 0 Å². The zero-order valence-electron chi connectivity index (χ0n) is 19.0. The van der Waals surface area contributed by atoms with E-state index in [-0.39, 0.29) is 24.0 Å². The van der Waals surface area contributed by atoms with Crippen LogP contribution in [0.4, 0.5) is 0 Å². The van der Waals surface area contributed by atoms with Crippen molar-refractivity contribution in [2.24, 2.45) is 4.99 Å². The zero-order valence-corrected chi connectivity index (χ0v) is 21.3. The van der Waals surface area contributed by atoms with Crippen LogP contribution in [-0.2, 0) is 13.0 Å². The van der Waals surface area contributed by atoms with Crippen molar-refractivity contribution in [2.45, 2.75) is 26.8 Å². The van der Waals surface area contributed by atoms with Gasteiger partial charge in [-0.25, -0.2) is 0 Å². The summed E-state index contributed by atoms with van der Waals surface area (Å²) in [4.78, 5) is 4.29. The summed E-state index contributed by atoms with van der Waals surface area (Å²) in [5.41, 5.74) is 2.24. The number of nitrogens with one attached hydrogen (secondary N) is 2. The van der Waals surface area contributed by atoms with Crippen LogP contribution in [0.25, 0.3) is 0 Å². The molecule has 7 nitrogen and oxygen atoms in total. The topological polar surface area (TPSA) is 73.3 Å². The quantitative estimate of drug-likeness (QED) is 0.254. The number of benzene rings is 2. The summed E-state index contributed by atoms with van der Waals surface area (Å²) in [6.45, 7) is 6.52. The van der Waals surface area contributed by atoms with Gasteiger partial charge in [-0.15, -0.1) is 24.0 Å². The first-order valence-electron chi connectivity index (χ1n) is 10.2. The highest BCUT2D eigenvalue weighted by atomic mass is 127. The van der Waals surface area contributed by atoms with Gasteiger partial charge in [0, 0.05) is 20.1 Å². The van der Waals surface area contributed by atoms with Gasteiger partial charge in [0.2, 0.25) is 0 Å².